The molecule has 0 saturated carbocycles. The van der Waals surface area contributed by atoms with Crippen molar-refractivity contribution in [3.63, 3.8) is 0 Å². The van der Waals surface area contributed by atoms with E-state index in [2.05, 4.69) is 60.4 Å². The lowest BCUT2D eigenvalue weighted by atomic mass is 9.97. The molecule has 128 valence electrons. The highest BCUT2D eigenvalue weighted by Gasteiger charge is 2.22. The summed E-state index contributed by atoms with van der Waals surface area (Å²) in [5, 5.41) is 0. The Morgan fingerprint density at radius 1 is 1.00 bits per heavy atom. The van der Waals surface area contributed by atoms with Gasteiger partial charge in [-0.15, -0.1) is 0 Å². The van der Waals surface area contributed by atoms with E-state index >= 15 is 0 Å². The molecular weight excluding hydrogens is 296 g/mol. The molecule has 1 atom stereocenters. The van der Waals surface area contributed by atoms with Gasteiger partial charge in [0, 0.05) is 6.42 Å². The second-order valence-corrected chi connectivity index (χ2v) is 6.76. The summed E-state index contributed by atoms with van der Waals surface area (Å²) in [4.78, 5) is 4.19. The van der Waals surface area contributed by atoms with E-state index in [0.29, 0.717) is 5.92 Å². The number of methoxy groups -OCH3 is 1. The maximum atomic E-state index is 5.50. The van der Waals surface area contributed by atoms with E-state index in [1.54, 1.807) is 12.0 Å². The summed E-state index contributed by atoms with van der Waals surface area (Å²) in [7, 11) is 1.76. The van der Waals surface area contributed by atoms with Crippen LogP contribution in [0.15, 0.2) is 54.6 Å². The summed E-state index contributed by atoms with van der Waals surface area (Å²) < 4.78 is 5.50. The lowest BCUT2D eigenvalue weighted by molar-refractivity contribution is -0.901. The van der Waals surface area contributed by atoms with Crippen molar-refractivity contribution < 1.29 is 9.64 Å². The molecule has 0 amide bonds. The number of rotatable bonds is 6. The van der Waals surface area contributed by atoms with Gasteiger partial charge in [0.05, 0.1) is 45.5 Å². The van der Waals surface area contributed by atoms with E-state index in [1.807, 2.05) is 6.07 Å². The number of quaternary nitrogens is 1. The normalized spacial score (nSPS) is 16.8. The Balaban J connectivity index is 1.49. The van der Waals surface area contributed by atoms with E-state index in [4.69, 9.17) is 4.74 Å². The number of hydrogen-bond acceptors (Lipinski definition) is 2. The van der Waals surface area contributed by atoms with Gasteiger partial charge in [-0.2, -0.15) is 0 Å². The molecule has 2 aromatic rings. The van der Waals surface area contributed by atoms with Crippen molar-refractivity contribution in [2.45, 2.75) is 19.3 Å². The minimum absolute atomic E-state index is 0.644. The predicted octanol–water partition coefficient (Wildman–Crippen LogP) is 2.59. The number of nitrogens with zero attached hydrogens (tertiary/aromatic N) is 1. The maximum Gasteiger partial charge on any atom is 0.142 e. The van der Waals surface area contributed by atoms with Gasteiger partial charge in [-0.05, 0) is 23.6 Å². The Kier molecular flexibility index (Phi) is 5.76. The zero-order valence-corrected chi connectivity index (χ0v) is 14.9. The number of anilines is 1. The van der Waals surface area contributed by atoms with E-state index < -0.39 is 0 Å². The third-order valence-corrected chi connectivity index (χ3v) is 5.20. The summed E-state index contributed by atoms with van der Waals surface area (Å²) in [5.74, 6) is 1.63. The molecule has 24 heavy (non-hydrogen) atoms. The predicted molar refractivity (Wildman–Crippen MR) is 100 cm³/mol. The fourth-order valence-electron chi connectivity index (χ4n) is 3.57. The number of ether oxygens (including phenoxy) is 1. The third kappa shape index (κ3) is 4.09. The van der Waals surface area contributed by atoms with Crippen LogP contribution >= 0.6 is 0 Å². The highest BCUT2D eigenvalue weighted by atomic mass is 16.5. The monoisotopic (exact) mass is 325 g/mol. The zero-order valence-electron chi connectivity index (χ0n) is 14.9. The van der Waals surface area contributed by atoms with Crippen LogP contribution in [0.2, 0.25) is 0 Å². The summed E-state index contributed by atoms with van der Waals surface area (Å²) in [6.45, 7) is 8.24. The quantitative estimate of drug-likeness (QED) is 0.879. The number of nitrogens with one attached hydrogen (secondary N) is 1. The molecule has 3 rings (SSSR count). The van der Waals surface area contributed by atoms with Crippen molar-refractivity contribution in [2.24, 2.45) is 0 Å². The average molecular weight is 325 g/mol. The second-order valence-electron chi connectivity index (χ2n) is 6.76. The summed E-state index contributed by atoms with van der Waals surface area (Å²) in [6.07, 6.45) is 1.26. The largest absolute Gasteiger partial charge is 0.495 e. The molecular formula is C21H29N2O+. The standard InChI is InChI=1S/C21H28N2O/c1-18(19-8-4-3-5-9-19)12-13-22-14-16-23(17-15-22)20-10-6-7-11-21(20)24-2/h3-11,18H,12-17H2,1-2H3/p+1/t18-/m1/s1. The Morgan fingerprint density at radius 2 is 1.67 bits per heavy atom. The van der Waals surface area contributed by atoms with E-state index in [1.165, 1.54) is 37.3 Å². The fraction of sp³-hybridized carbons (Fsp3) is 0.429. The molecule has 0 aromatic heterocycles. The van der Waals surface area contributed by atoms with Crippen molar-refractivity contribution in [3.8, 4) is 5.75 Å². The van der Waals surface area contributed by atoms with Crippen molar-refractivity contribution in [2.75, 3.05) is 44.7 Å². The molecule has 0 spiro atoms. The fourth-order valence-corrected chi connectivity index (χ4v) is 3.57. The lowest BCUT2D eigenvalue weighted by Crippen LogP contribution is -3.14. The molecule has 0 radical (unpaired) electrons. The highest BCUT2D eigenvalue weighted by Crippen LogP contribution is 2.27. The Hall–Kier alpha value is -2.00. The Morgan fingerprint density at radius 3 is 2.38 bits per heavy atom. The van der Waals surface area contributed by atoms with Gasteiger partial charge in [-0.1, -0.05) is 49.4 Å². The van der Waals surface area contributed by atoms with Crippen LogP contribution in [0.1, 0.15) is 24.8 Å². The summed E-state index contributed by atoms with van der Waals surface area (Å²) >= 11 is 0. The van der Waals surface area contributed by atoms with E-state index in [0.717, 1.165) is 18.8 Å². The van der Waals surface area contributed by atoms with Gasteiger partial charge in [0.25, 0.3) is 0 Å². The molecule has 2 aromatic carbocycles. The van der Waals surface area contributed by atoms with Crippen LogP contribution in [0.25, 0.3) is 0 Å². The molecule has 3 nitrogen and oxygen atoms in total. The van der Waals surface area contributed by atoms with Gasteiger partial charge < -0.3 is 14.5 Å². The van der Waals surface area contributed by atoms with Crippen LogP contribution in [0, 0.1) is 0 Å². The Bertz CT molecular complexity index is 621. The molecule has 1 aliphatic rings. The van der Waals surface area contributed by atoms with Crippen molar-refractivity contribution in [3.05, 3.63) is 60.2 Å². The van der Waals surface area contributed by atoms with Crippen LogP contribution in [-0.4, -0.2) is 39.8 Å². The minimum Gasteiger partial charge on any atom is -0.495 e. The number of benzene rings is 2. The van der Waals surface area contributed by atoms with Crippen LogP contribution in [0.5, 0.6) is 5.75 Å². The van der Waals surface area contributed by atoms with Crippen LogP contribution in [0.4, 0.5) is 5.69 Å². The highest BCUT2D eigenvalue weighted by molar-refractivity contribution is 5.58. The first-order valence-electron chi connectivity index (χ1n) is 9.04. The molecule has 3 heteroatoms. The maximum absolute atomic E-state index is 5.50. The molecule has 0 bridgehead atoms. The van der Waals surface area contributed by atoms with Crippen LogP contribution < -0.4 is 14.5 Å². The van der Waals surface area contributed by atoms with Gasteiger partial charge in [-0.25, -0.2) is 0 Å². The first-order chi connectivity index (χ1) is 11.8. The first-order valence-corrected chi connectivity index (χ1v) is 9.04. The van der Waals surface area contributed by atoms with Crippen molar-refractivity contribution >= 4 is 5.69 Å². The summed E-state index contributed by atoms with van der Waals surface area (Å²) in [6, 6.07) is 19.2. The summed E-state index contributed by atoms with van der Waals surface area (Å²) in [5.41, 5.74) is 2.70. The first kappa shape index (κ1) is 16.8. The SMILES string of the molecule is COc1ccccc1N1CC[NH+](CC[C@@H](C)c2ccccc2)CC1. The van der Waals surface area contributed by atoms with Gasteiger partial charge in [-0.3, -0.25) is 0 Å². The van der Waals surface area contributed by atoms with Crippen molar-refractivity contribution in [1.82, 2.24) is 0 Å². The van der Waals surface area contributed by atoms with Gasteiger partial charge in [0.2, 0.25) is 0 Å². The minimum atomic E-state index is 0.644. The zero-order chi connectivity index (χ0) is 16.8. The number of para-hydroxylation sites is 2. The van der Waals surface area contributed by atoms with Gasteiger partial charge in [0.1, 0.15) is 5.75 Å². The average Bonchev–Trinajstić information content (AvgIpc) is 2.67. The van der Waals surface area contributed by atoms with Crippen LogP contribution in [-0.2, 0) is 0 Å². The molecule has 0 aliphatic carbocycles. The third-order valence-electron chi connectivity index (χ3n) is 5.20. The van der Waals surface area contributed by atoms with Gasteiger partial charge in [0.15, 0.2) is 0 Å². The molecule has 1 saturated heterocycles. The van der Waals surface area contributed by atoms with Gasteiger partial charge >= 0.3 is 0 Å². The molecule has 0 unspecified atom stereocenters. The molecule has 1 heterocycles. The topological polar surface area (TPSA) is 16.9 Å². The Labute approximate surface area is 145 Å². The smallest absolute Gasteiger partial charge is 0.142 e. The number of piperazine rings is 1. The molecule has 1 aliphatic heterocycles. The van der Waals surface area contributed by atoms with Crippen molar-refractivity contribution in [1.29, 1.82) is 0 Å². The van der Waals surface area contributed by atoms with E-state index in [-0.39, 0.29) is 0 Å². The molecule has 1 fully saturated rings. The molecule has 1 N–H and O–H groups in total. The van der Waals surface area contributed by atoms with Crippen LogP contribution in [0.3, 0.4) is 0 Å². The number of hydrogen-bond donors (Lipinski definition) is 1. The second kappa shape index (κ2) is 8.20. The lowest BCUT2D eigenvalue weighted by Gasteiger charge is -2.34. The van der Waals surface area contributed by atoms with E-state index in [9.17, 15) is 0 Å².